The number of hydrogen-bond donors (Lipinski definition) is 2. The second kappa shape index (κ2) is 15.5. The predicted octanol–water partition coefficient (Wildman–Crippen LogP) is 4.88. The molecule has 0 radical (unpaired) electrons. The zero-order valence-electron chi connectivity index (χ0n) is 20.4. The molecule has 2 rings (SSSR count). The Morgan fingerprint density at radius 3 is 2.45 bits per heavy atom. The highest BCUT2D eigenvalue weighted by molar-refractivity contribution is 5.74. The molecule has 1 aromatic rings. The van der Waals surface area contributed by atoms with Gasteiger partial charge in [0.2, 0.25) is 0 Å². The first-order valence-corrected chi connectivity index (χ1v) is 12.6. The Labute approximate surface area is 198 Å². The number of aliphatic carboxylic acids is 1. The Morgan fingerprint density at radius 1 is 1.09 bits per heavy atom. The van der Waals surface area contributed by atoms with Crippen LogP contribution >= 0.6 is 0 Å². The van der Waals surface area contributed by atoms with Gasteiger partial charge < -0.3 is 24.8 Å². The molecule has 0 saturated heterocycles. The van der Waals surface area contributed by atoms with Gasteiger partial charge in [-0.05, 0) is 43.9 Å². The molecule has 7 nitrogen and oxygen atoms in total. The monoisotopic (exact) mass is 462 g/mol. The van der Waals surface area contributed by atoms with Gasteiger partial charge in [-0.25, -0.2) is 9.59 Å². The molecular formula is C26H42N2O5. The van der Waals surface area contributed by atoms with E-state index in [4.69, 9.17) is 9.47 Å². The molecule has 0 heterocycles. The lowest BCUT2D eigenvalue weighted by Crippen LogP contribution is -2.42. The van der Waals surface area contributed by atoms with Crippen LogP contribution in [-0.2, 0) is 16.0 Å². The first kappa shape index (κ1) is 27.0. The minimum absolute atomic E-state index is 0.0373. The number of carboxylic acids is 1. The van der Waals surface area contributed by atoms with Gasteiger partial charge in [-0.3, -0.25) is 0 Å². The quantitative estimate of drug-likeness (QED) is 0.363. The third kappa shape index (κ3) is 10.5. The van der Waals surface area contributed by atoms with Crippen molar-refractivity contribution in [1.29, 1.82) is 0 Å². The first-order chi connectivity index (χ1) is 16.0. The highest BCUT2D eigenvalue weighted by atomic mass is 16.5. The number of ether oxygens (including phenoxy) is 2. The summed E-state index contributed by atoms with van der Waals surface area (Å²) in [7, 11) is 0. The van der Waals surface area contributed by atoms with Crippen molar-refractivity contribution in [3.05, 3.63) is 29.8 Å². The summed E-state index contributed by atoms with van der Waals surface area (Å²) in [6.07, 6.45) is 9.82. The van der Waals surface area contributed by atoms with E-state index in [1.807, 2.05) is 36.1 Å². The molecule has 1 unspecified atom stereocenters. The number of nitrogens with one attached hydrogen (secondary N) is 1. The molecule has 33 heavy (non-hydrogen) atoms. The first-order valence-electron chi connectivity index (χ1n) is 12.6. The molecule has 2 N–H and O–H groups in total. The second-order valence-electron chi connectivity index (χ2n) is 8.80. The zero-order valence-corrected chi connectivity index (χ0v) is 20.4. The van der Waals surface area contributed by atoms with Crippen molar-refractivity contribution in [2.45, 2.75) is 77.7 Å². The molecular weight excluding hydrogens is 420 g/mol. The Hall–Kier alpha value is -2.28. The maximum Gasteiger partial charge on any atom is 0.333 e. The maximum atomic E-state index is 12.4. The molecule has 2 amide bonds. The minimum atomic E-state index is -0.957. The topological polar surface area (TPSA) is 88.1 Å². The predicted molar refractivity (Wildman–Crippen MR) is 130 cm³/mol. The highest BCUT2D eigenvalue weighted by Crippen LogP contribution is 2.27. The summed E-state index contributed by atoms with van der Waals surface area (Å²) in [4.78, 5) is 25.5. The third-order valence-corrected chi connectivity index (χ3v) is 6.25. The van der Waals surface area contributed by atoms with Gasteiger partial charge in [-0.1, -0.05) is 57.1 Å². The number of rotatable bonds is 15. The Kier molecular flexibility index (Phi) is 12.7. The van der Waals surface area contributed by atoms with Crippen LogP contribution in [-0.4, -0.2) is 61.0 Å². The Morgan fingerprint density at radius 2 is 1.82 bits per heavy atom. The van der Waals surface area contributed by atoms with E-state index in [0.717, 1.165) is 24.4 Å². The highest BCUT2D eigenvalue weighted by Gasteiger charge is 2.18. The fraction of sp³-hybridized carbons (Fsp3) is 0.692. The number of benzene rings is 1. The molecule has 7 heteroatoms. The van der Waals surface area contributed by atoms with Gasteiger partial charge in [-0.2, -0.15) is 0 Å². The van der Waals surface area contributed by atoms with Crippen molar-refractivity contribution in [3.8, 4) is 5.75 Å². The van der Waals surface area contributed by atoms with E-state index in [1.54, 1.807) is 6.92 Å². The summed E-state index contributed by atoms with van der Waals surface area (Å²) in [5.74, 6) is 0.624. The molecule has 1 aliphatic rings. The average molecular weight is 463 g/mol. The number of urea groups is 1. The average Bonchev–Trinajstić information content (AvgIpc) is 2.82. The summed E-state index contributed by atoms with van der Waals surface area (Å²) < 4.78 is 11.1. The lowest BCUT2D eigenvalue weighted by Gasteiger charge is -2.24. The second-order valence-corrected chi connectivity index (χ2v) is 8.80. The van der Waals surface area contributed by atoms with Crippen LogP contribution in [0.2, 0.25) is 0 Å². The van der Waals surface area contributed by atoms with E-state index in [-0.39, 0.29) is 6.03 Å². The summed E-state index contributed by atoms with van der Waals surface area (Å²) in [6.45, 7) is 6.37. The third-order valence-electron chi connectivity index (χ3n) is 6.25. The lowest BCUT2D eigenvalue weighted by atomic mass is 9.86. The number of amides is 2. The molecule has 0 aliphatic heterocycles. The van der Waals surface area contributed by atoms with E-state index in [0.29, 0.717) is 38.5 Å². The van der Waals surface area contributed by atoms with E-state index in [2.05, 4.69) is 5.32 Å². The van der Waals surface area contributed by atoms with Crippen LogP contribution < -0.4 is 10.1 Å². The molecule has 1 saturated carbocycles. The van der Waals surface area contributed by atoms with Crippen LogP contribution in [0.4, 0.5) is 4.79 Å². The number of carbonyl (C=O) groups is 2. The van der Waals surface area contributed by atoms with Crippen molar-refractivity contribution in [1.82, 2.24) is 10.2 Å². The van der Waals surface area contributed by atoms with Gasteiger partial charge in [-0.15, -0.1) is 0 Å². The fourth-order valence-corrected chi connectivity index (χ4v) is 4.42. The molecule has 186 valence electrons. The van der Waals surface area contributed by atoms with Crippen molar-refractivity contribution in [3.63, 3.8) is 0 Å². The van der Waals surface area contributed by atoms with Gasteiger partial charge in [0.25, 0.3) is 0 Å². The van der Waals surface area contributed by atoms with Crippen LogP contribution in [0.5, 0.6) is 5.75 Å². The maximum absolute atomic E-state index is 12.4. The van der Waals surface area contributed by atoms with Gasteiger partial charge in [0.1, 0.15) is 12.4 Å². The van der Waals surface area contributed by atoms with Gasteiger partial charge in [0, 0.05) is 26.1 Å². The molecule has 1 fully saturated rings. The fourth-order valence-electron chi connectivity index (χ4n) is 4.42. The van der Waals surface area contributed by atoms with Crippen LogP contribution in [0.3, 0.4) is 0 Å². The van der Waals surface area contributed by atoms with E-state index in [9.17, 15) is 14.7 Å². The van der Waals surface area contributed by atoms with Crippen LogP contribution in [0.1, 0.15) is 70.8 Å². The largest absolute Gasteiger partial charge is 0.492 e. The molecule has 1 atom stereocenters. The smallest absolute Gasteiger partial charge is 0.333 e. The number of carbonyl (C=O) groups excluding carboxylic acids is 1. The van der Waals surface area contributed by atoms with Crippen molar-refractivity contribution < 1.29 is 24.2 Å². The van der Waals surface area contributed by atoms with Gasteiger partial charge in [0.05, 0.1) is 6.54 Å². The zero-order chi connectivity index (χ0) is 23.9. The summed E-state index contributed by atoms with van der Waals surface area (Å²) >= 11 is 0. The summed E-state index contributed by atoms with van der Waals surface area (Å²) in [5.41, 5.74) is 0.880. The number of carboxylic acid groups (broad SMARTS) is 1. The SMILES string of the molecule is CCNC(=O)N(CCCCC1CCCCC1)CCOc1ccc(CC(OCC)C(=O)O)cc1. The number of nitrogens with zero attached hydrogens (tertiary/aromatic N) is 1. The Balaban J connectivity index is 1.75. The van der Waals surface area contributed by atoms with Crippen molar-refractivity contribution in [2.24, 2.45) is 5.92 Å². The van der Waals surface area contributed by atoms with Crippen molar-refractivity contribution >= 4 is 12.0 Å². The van der Waals surface area contributed by atoms with Crippen LogP contribution in [0.25, 0.3) is 0 Å². The summed E-state index contributed by atoms with van der Waals surface area (Å²) in [6, 6.07) is 7.35. The van der Waals surface area contributed by atoms with E-state index >= 15 is 0 Å². The van der Waals surface area contributed by atoms with E-state index in [1.165, 1.54) is 44.9 Å². The van der Waals surface area contributed by atoms with E-state index < -0.39 is 12.1 Å². The standard InChI is InChI=1S/C26H42N2O5/c1-3-27-26(31)28(17-9-8-12-21-10-6-5-7-11-21)18-19-33-23-15-13-22(14-16-23)20-24(25(29)30)32-4-2/h13-16,21,24H,3-12,17-20H2,1-2H3,(H,27,31)(H,29,30). The molecule has 1 aliphatic carbocycles. The van der Waals surface area contributed by atoms with Gasteiger partial charge >= 0.3 is 12.0 Å². The molecule has 0 spiro atoms. The number of hydrogen-bond acceptors (Lipinski definition) is 4. The van der Waals surface area contributed by atoms with Crippen molar-refractivity contribution in [2.75, 3.05) is 32.8 Å². The molecule has 0 bridgehead atoms. The molecule has 0 aromatic heterocycles. The minimum Gasteiger partial charge on any atom is -0.492 e. The Bertz CT molecular complexity index is 688. The van der Waals surface area contributed by atoms with Crippen LogP contribution in [0, 0.1) is 5.92 Å². The summed E-state index contributed by atoms with van der Waals surface area (Å²) in [5, 5.41) is 12.1. The lowest BCUT2D eigenvalue weighted by molar-refractivity contribution is -0.149. The van der Waals surface area contributed by atoms with Gasteiger partial charge in [0.15, 0.2) is 6.10 Å². The molecule has 1 aromatic carbocycles. The normalized spacial score (nSPS) is 15.1. The number of unbranched alkanes of at least 4 members (excludes halogenated alkanes) is 1. The van der Waals surface area contributed by atoms with Crippen LogP contribution in [0.15, 0.2) is 24.3 Å².